The van der Waals surface area contributed by atoms with Crippen molar-refractivity contribution in [3.63, 3.8) is 0 Å². The van der Waals surface area contributed by atoms with E-state index in [2.05, 4.69) is 27.1 Å². The molecule has 1 fully saturated rings. The van der Waals surface area contributed by atoms with Crippen molar-refractivity contribution in [3.05, 3.63) is 85.6 Å². The zero-order chi connectivity index (χ0) is 26.3. The first-order chi connectivity index (χ1) is 18.6. The number of hydrogen-bond acceptors (Lipinski definition) is 7. The number of nitrogens with one attached hydrogen (secondary N) is 2. The Balaban J connectivity index is 1.29. The molecular formula is C30H31N5O3. The molecule has 2 heterocycles. The summed E-state index contributed by atoms with van der Waals surface area (Å²) < 4.78 is 6.17. The maximum Gasteiger partial charge on any atom is 0.247 e. The Morgan fingerprint density at radius 3 is 2.63 bits per heavy atom. The number of ether oxygens (including phenoxy) is 1. The third-order valence-corrected chi connectivity index (χ3v) is 6.60. The predicted octanol–water partition coefficient (Wildman–Crippen LogP) is 5.00. The van der Waals surface area contributed by atoms with Crippen molar-refractivity contribution in [2.45, 2.75) is 18.9 Å². The number of aliphatic hydroxyl groups excluding tert-OH is 1. The molecule has 38 heavy (non-hydrogen) atoms. The lowest BCUT2D eigenvalue weighted by atomic mass is 10.0. The number of carbonyl (C=O) groups is 1. The van der Waals surface area contributed by atoms with Gasteiger partial charge in [-0.15, -0.1) is 0 Å². The van der Waals surface area contributed by atoms with Crippen LogP contribution in [0.2, 0.25) is 0 Å². The number of aromatic nitrogens is 2. The highest BCUT2D eigenvalue weighted by molar-refractivity contribution is 6.00. The Bertz CT molecular complexity index is 1420. The maximum absolute atomic E-state index is 11.7. The second-order valence-electron chi connectivity index (χ2n) is 9.24. The second kappa shape index (κ2) is 11.9. The van der Waals surface area contributed by atoms with E-state index in [-0.39, 0.29) is 18.6 Å². The third kappa shape index (κ3) is 6.16. The van der Waals surface area contributed by atoms with E-state index in [0.717, 1.165) is 65.9 Å². The number of fused-ring (bicyclic) bond motifs is 1. The minimum absolute atomic E-state index is 0.189. The number of amides is 1. The minimum Gasteiger partial charge on any atom is -0.490 e. The van der Waals surface area contributed by atoms with Crippen molar-refractivity contribution in [2.75, 3.05) is 36.9 Å². The molecule has 0 bridgehead atoms. The summed E-state index contributed by atoms with van der Waals surface area (Å²) in [6.07, 6.45) is 5.15. The van der Waals surface area contributed by atoms with Crippen LogP contribution in [0.3, 0.4) is 0 Å². The van der Waals surface area contributed by atoms with Gasteiger partial charge in [0, 0.05) is 48.2 Å². The Labute approximate surface area is 222 Å². The molecule has 194 valence electrons. The number of carbonyl (C=O) groups excluding carboxylic acids is 1. The number of β-amino-alcohol motifs (C(OH)–C–C–N with tert-alkyl or cyclic N) is 1. The minimum atomic E-state index is -0.256. The van der Waals surface area contributed by atoms with Crippen molar-refractivity contribution >= 4 is 34.1 Å². The number of para-hydroxylation sites is 1. The van der Waals surface area contributed by atoms with Crippen LogP contribution in [0.5, 0.6) is 5.75 Å². The topological polar surface area (TPSA) is 99.6 Å². The lowest BCUT2D eigenvalue weighted by molar-refractivity contribution is -0.111. The van der Waals surface area contributed by atoms with Gasteiger partial charge in [0.05, 0.1) is 12.1 Å². The van der Waals surface area contributed by atoms with Gasteiger partial charge in [-0.2, -0.15) is 0 Å². The molecule has 0 unspecified atom stereocenters. The molecule has 3 aromatic carbocycles. The molecule has 0 spiro atoms. The van der Waals surface area contributed by atoms with Crippen molar-refractivity contribution in [1.29, 1.82) is 0 Å². The summed E-state index contributed by atoms with van der Waals surface area (Å²) in [6, 6.07) is 21.4. The molecule has 4 aromatic rings. The van der Waals surface area contributed by atoms with Gasteiger partial charge in [0.2, 0.25) is 11.9 Å². The summed E-state index contributed by atoms with van der Waals surface area (Å²) in [7, 11) is 0. The van der Waals surface area contributed by atoms with Crippen LogP contribution in [0.25, 0.3) is 22.0 Å². The third-order valence-electron chi connectivity index (χ3n) is 6.60. The van der Waals surface area contributed by atoms with Gasteiger partial charge in [-0.05, 0) is 60.9 Å². The Morgan fingerprint density at radius 1 is 1.08 bits per heavy atom. The summed E-state index contributed by atoms with van der Waals surface area (Å²) in [4.78, 5) is 23.3. The maximum atomic E-state index is 11.7. The van der Waals surface area contributed by atoms with Gasteiger partial charge in [-0.1, -0.05) is 36.9 Å². The number of piperidine rings is 1. The number of aliphatic hydroxyl groups is 1. The highest BCUT2D eigenvalue weighted by Gasteiger charge is 2.20. The van der Waals surface area contributed by atoms with Gasteiger partial charge in [0.15, 0.2) is 0 Å². The van der Waals surface area contributed by atoms with E-state index >= 15 is 0 Å². The molecular weight excluding hydrogens is 478 g/mol. The van der Waals surface area contributed by atoms with Crippen molar-refractivity contribution < 1.29 is 14.6 Å². The van der Waals surface area contributed by atoms with E-state index in [4.69, 9.17) is 14.8 Å². The van der Waals surface area contributed by atoms with Crippen molar-refractivity contribution in [2.24, 2.45) is 0 Å². The molecule has 0 radical (unpaired) electrons. The molecule has 1 aliphatic heterocycles. The van der Waals surface area contributed by atoms with Gasteiger partial charge in [-0.3, -0.25) is 4.79 Å². The fourth-order valence-electron chi connectivity index (χ4n) is 4.64. The van der Waals surface area contributed by atoms with Gasteiger partial charge in [0.25, 0.3) is 0 Å². The summed E-state index contributed by atoms with van der Waals surface area (Å²) in [5, 5.41) is 16.1. The summed E-state index contributed by atoms with van der Waals surface area (Å²) in [5.41, 5.74) is 4.24. The molecule has 3 N–H and O–H groups in total. The fourth-order valence-corrected chi connectivity index (χ4v) is 4.64. The molecule has 0 atom stereocenters. The van der Waals surface area contributed by atoms with Gasteiger partial charge < -0.3 is 25.4 Å². The summed E-state index contributed by atoms with van der Waals surface area (Å²) in [6.45, 7) is 6.33. The molecule has 8 nitrogen and oxygen atoms in total. The van der Waals surface area contributed by atoms with Gasteiger partial charge >= 0.3 is 0 Å². The van der Waals surface area contributed by atoms with E-state index in [1.807, 2.05) is 66.7 Å². The largest absolute Gasteiger partial charge is 0.490 e. The molecule has 5 rings (SSSR count). The number of likely N-dealkylation sites (tertiary alicyclic amines) is 1. The first-order valence-electron chi connectivity index (χ1n) is 12.8. The van der Waals surface area contributed by atoms with Crippen LogP contribution in [0, 0.1) is 0 Å². The highest BCUT2D eigenvalue weighted by atomic mass is 16.5. The number of anilines is 3. The number of benzene rings is 3. The quantitative estimate of drug-likeness (QED) is 0.273. The van der Waals surface area contributed by atoms with Crippen LogP contribution in [0.4, 0.5) is 17.3 Å². The van der Waals surface area contributed by atoms with Gasteiger partial charge in [-0.25, -0.2) is 9.97 Å². The molecule has 1 saturated heterocycles. The monoisotopic (exact) mass is 509 g/mol. The molecule has 0 aliphatic carbocycles. The standard InChI is InChI=1S/C30H31N5O3/c1-2-28(37)32-24-7-3-5-21(19-24)27-8-4-6-22-20-31-30(34-29(22)27)33-23-9-11-25(12-10-23)38-26-13-15-35(16-14-26)17-18-36/h2-12,19-20,26,36H,1,13-18H2,(H,32,37)(H,31,33,34). The van der Waals surface area contributed by atoms with Crippen LogP contribution in [-0.4, -0.2) is 58.2 Å². The first-order valence-corrected chi connectivity index (χ1v) is 12.8. The van der Waals surface area contributed by atoms with E-state index in [9.17, 15) is 4.79 Å². The van der Waals surface area contributed by atoms with Crippen LogP contribution >= 0.6 is 0 Å². The second-order valence-corrected chi connectivity index (χ2v) is 9.24. The fraction of sp³-hybridized carbons (Fsp3) is 0.233. The predicted molar refractivity (Wildman–Crippen MR) is 151 cm³/mol. The lowest BCUT2D eigenvalue weighted by Crippen LogP contribution is -2.39. The van der Waals surface area contributed by atoms with Crippen molar-refractivity contribution in [1.82, 2.24) is 14.9 Å². The zero-order valence-corrected chi connectivity index (χ0v) is 21.1. The first kappa shape index (κ1) is 25.4. The molecule has 1 aliphatic rings. The van der Waals surface area contributed by atoms with E-state index < -0.39 is 0 Å². The van der Waals surface area contributed by atoms with Crippen LogP contribution in [0.15, 0.2) is 85.6 Å². The smallest absolute Gasteiger partial charge is 0.247 e. The Kier molecular flexibility index (Phi) is 7.92. The van der Waals surface area contributed by atoms with Gasteiger partial charge in [0.1, 0.15) is 11.9 Å². The normalized spacial score (nSPS) is 14.2. The van der Waals surface area contributed by atoms with Crippen LogP contribution < -0.4 is 15.4 Å². The van der Waals surface area contributed by atoms with E-state index in [1.165, 1.54) is 6.08 Å². The van der Waals surface area contributed by atoms with Crippen LogP contribution in [0.1, 0.15) is 12.8 Å². The van der Waals surface area contributed by atoms with E-state index in [1.54, 1.807) is 6.20 Å². The SMILES string of the molecule is C=CC(=O)Nc1cccc(-c2cccc3cnc(Nc4ccc(OC5CCN(CCO)CC5)cc4)nc23)c1. The summed E-state index contributed by atoms with van der Waals surface area (Å²) in [5.74, 6) is 1.07. The number of hydrogen-bond donors (Lipinski definition) is 3. The highest BCUT2D eigenvalue weighted by Crippen LogP contribution is 2.30. The Hall–Kier alpha value is -4.27. The zero-order valence-electron chi connectivity index (χ0n) is 21.1. The molecule has 8 heteroatoms. The molecule has 1 amide bonds. The average Bonchev–Trinajstić information content (AvgIpc) is 2.95. The number of nitrogens with zero attached hydrogens (tertiary/aromatic N) is 3. The molecule has 1 aromatic heterocycles. The van der Waals surface area contributed by atoms with Crippen molar-refractivity contribution in [3.8, 4) is 16.9 Å². The average molecular weight is 510 g/mol. The van der Waals surface area contributed by atoms with E-state index in [0.29, 0.717) is 11.6 Å². The Morgan fingerprint density at radius 2 is 1.87 bits per heavy atom. The number of rotatable bonds is 9. The lowest BCUT2D eigenvalue weighted by Gasteiger charge is -2.31. The van der Waals surface area contributed by atoms with Crippen LogP contribution in [-0.2, 0) is 4.79 Å². The molecule has 0 saturated carbocycles. The summed E-state index contributed by atoms with van der Waals surface area (Å²) >= 11 is 0.